The second kappa shape index (κ2) is 8.38. The van der Waals surface area contributed by atoms with Crippen molar-refractivity contribution in [1.29, 1.82) is 0 Å². The maximum atomic E-state index is 11.9. The fourth-order valence-electron chi connectivity index (χ4n) is 2.12. The van der Waals surface area contributed by atoms with Crippen molar-refractivity contribution in [2.75, 3.05) is 41.3 Å². The van der Waals surface area contributed by atoms with Gasteiger partial charge in [-0.15, -0.1) is 0 Å². The summed E-state index contributed by atoms with van der Waals surface area (Å²) >= 11 is 0. The maximum absolute atomic E-state index is 11.9. The molecule has 0 radical (unpaired) electrons. The van der Waals surface area contributed by atoms with Crippen molar-refractivity contribution >= 4 is 11.9 Å². The van der Waals surface area contributed by atoms with Crippen molar-refractivity contribution in [2.24, 2.45) is 0 Å². The number of amides is 3. The summed E-state index contributed by atoms with van der Waals surface area (Å²) in [7, 11) is 7.23. The lowest BCUT2D eigenvalue weighted by Crippen LogP contribution is -2.43. The average molecular weight is 306 g/mol. The van der Waals surface area contributed by atoms with E-state index in [-0.39, 0.29) is 24.5 Å². The van der Waals surface area contributed by atoms with E-state index in [9.17, 15) is 9.59 Å². The maximum Gasteiger partial charge on any atom is 0.317 e. The summed E-state index contributed by atoms with van der Waals surface area (Å²) in [6.07, 6.45) is 0. The molecule has 0 fully saturated rings. The Labute approximate surface area is 132 Å². The molecule has 1 rings (SSSR count). The number of benzene rings is 1. The van der Waals surface area contributed by atoms with Crippen LogP contribution in [0.4, 0.5) is 4.79 Å². The average Bonchev–Trinajstić information content (AvgIpc) is 2.46. The zero-order chi connectivity index (χ0) is 16.7. The SMILES string of the molecule is Cc1ccccc1[C@H](CNC(=O)CNC(=O)N(C)C)N(C)C. The molecule has 2 N–H and O–H groups in total. The molecule has 0 unspecified atom stereocenters. The molecule has 3 amide bonds. The largest absolute Gasteiger partial charge is 0.353 e. The molecule has 0 aliphatic carbocycles. The lowest BCUT2D eigenvalue weighted by Gasteiger charge is -2.26. The lowest BCUT2D eigenvalue weighted by molar-refractivity contribution is -0.120. The monoisotopic (exact) mass is 306 g/mol. The highest BCUT2D eigenvalue weighted by atomic mass is 16.2. The normalized spacial score (nSPS) is 11.9. The summed E-state index contributed by atoms with van der Waals surface area (Å²) in [4.78, 5) is 26.7. The summed E-state index contributed by atoms with van der Waals surface area (Å²) in [6, 6.07) is 7.94. The molecule has 1 atom stereocenters. The first-order valence-electron chi connectivity index (χ1n) is 7.26. The van der Waals surface area contributed by atoms with Gasteiger partial charge in [0.1, 0.15) is 0 Å². The topological polar surface area (TPSA) is 64.7 Å². The van der Waals surface area contributed by atoms with Gasteiger partial charge in [-0.3, -0.25) is 4.79 Å². The molecule has 6 heteroatoms. The Morgan fingerprint density at radius 2 is 1.73 bits per heavy atom. The molecule has 0 aliphatic heterocycles. The minimum Gasteiger partial charge on any atom is -0.353 e. The summed E-state index contributed by atoms with van der Waals surface area (Å²) in [6.45, 7) is 2.53. The Bertz CT molecular complexity index is 515. The van der Waals surface area contributed by atoms with Crippen LogP contribution in [0.1, 0.15) is 17.2 Å². The molecule has 1 aromatic rings. The Balaban J connectivity index is 2.57. The predicted octanol–water partition coefficient (Wildman–Crippen LogP) is 0.985. The van der Waals surface area contributed by atoms with Gasteiger partial charge in [0.05, 0.1) is 12.6 Å². The molecule has 0 saturated carbocycles. The van der Waals surface area contributed by atoms with Crippen molar-refractivity contribution in [3.05, 3.63) is 35.4 Å². The second-order valence-electron chi connectivity index (χ2n) is 5.69. The van der Waals surface area contributed by atoms with E-state index in [1.807, 2.05) is 26.2 Å². The van der Waals surface area contributed by atoms with E-state index in [1.54, 1.807) is 14.1 Å². The third-order valence-electron chi connectivity index (χ3n) is 3.47. The number of likely N-dealkylation sites (N-methyl/N-ethyl adjacent to an activating group) is 1. The van der Waals surface area contributed by atoms with E-state index < -0.39 is 0 Å². The van der Waals surface area contributed by atoms with Crippen LogP contribution in [0.15, 0.2) is 24.3 Å². The van der Waals surface area contributed by atoms with Gasteiger partial charge in [-0.05, 0) is 32.1 Å². The highest BCUT2D eigenvalue weighted by Gasteiger charge is 2.17. The summed E-state index contributed by atoms with van der Waals surface area (Å²) in [5.41, 5.74) is 2.38. The molecule has 0 aromatic heterocycles. The molecular formula is C16H26N4O2. The van der Waals surface area contributed by atoms with Crippen LogP contribution in [0.2, 0.25) is 0 Å². The van der Waals surface area contributed by atoms with Crippen molar-refractivity contribution in [1.82, 2.24) is 20.4 Å². The zero-order valence-corrected chi connectivity index (χ0v) is 14.0. The van der Waals surface area contributed by atoms with Gasteiger partial charge in [-0.1, -0.05) is 24.3 Å². The first-order chi connectivity index (χ1) is 10.3. The van der Waals surface area contributed by atoms with Crippen LogP contribution in [0, 0.1) is 6.92 Å². The van der Waals surface area contributed by atoms with Gasteiger partial charge < -0.3 is 20.4 Å². The standard InChI is InChI=1S/C16H26N4O2/c1-12-8-6-7-9-13(12)14(19(2)3)10-17-15(21)11-18-16(22)20(4)5/h6-9,14H,10-11H2,1-5H3,(H,17,21)(H,18,22)/t14-/m0/s1. The van der Waals surface area contributed by atoms with Crippen molar-refractivity contribution in [2.45, 2.75) is 13.0 Å². The number of carbonyl (C=O) groups excluding carboxylic acids is 2. The van der Waals surface area contributed by atoms with Crippen LogP contribution in [-0.2, 0) is 4.79 Å². The highest BCUT2D eigenvalue weighted by molar-refractivity contribution is 5.83. The minimum absolute atomic E-state index is 0.0229. The van der Waals surface area contributed by atoms with Crippen LogP contribution in [0.25, 0.3) is 0 Å². The predicted molar refractivity (Wildman–Crippen MR) is 87.7 cm³/mol. The van der Waals surface area contributed by atoms with Crippen LogP contribution in [0.3, 0.4) is 0 Å². The highest BCUT2D eigenvalue weighted by Crippen LogP contribution is 2.20. The van der Waals surface area contributed by atoms with Crippen LogP contribution in [-0.4, -0.2) is 63.0 Å². The first-order valence-corrected chi connectivity index (χ1v) is 7.26. The Kier molecular flexibility index (Phi) is 6.85. The number of carbonyl (C=O) groups is 2. The van der Waals surface area contributed by atoms with Gasteiger partial charge in [0.25, 0.3) is 0 Å². The molecule has 0 aliphatic rings. The van der Waals surface area contributed by atoms with Gasteiger partial charge >= 0.3 is 6.03 Å². The second-order valence-corrected chi connectivity index (χ2v) is 5.69. The van der Waals surface area contributed by atoms with Gasteiger partial charge in [-0.25, -0.2) is 4.79 Å². The first kappa shape index (κ1) is 18.0. The molecule has 0 saturated heterocycles. The Morgan fingerprint density at radius 3 is 2.27 bits per heavy atom. The molecule has 0 bridgehead atoms. The fraction of sp³-hybridized carbons (Fsp3) is 0.500. The number of hydrogen-bond acceptors (Lipinski definition) is 3. The molecule has 0 heterocycles. The number of nitrogens with one attached hydrogen (secondary N) is 2. The van der Waals surface area contributed by atoms with E-state index in [0.717, 1.165) is 0 Å². The van der Waals surface area contributed by atoms with Gasteiger partial charge in [0, 0.05) is 20.6 Å². The zero-order valence-electron chi connectivity index (χ0n) is 14.0. The summed E-state index contributed by atoms with van der Waals surface area (Å²) in [5, 5.41) is 5.42. The summed E-state index contributed by atoms with van der Waals surface area (Å²) < 4.78 is 0. The molecule has 122 valence electrons. The Hall–Kier alpha value is -2.08. The third-order valence-corrected chi connectivity index (χ3v) is 3.47. The summed E-state index contributed by atoms with van der Waals surface area (Å²) in [5.74, 6) is -0.198. The van der Waals surface area contributed by atoms with E-state index in [2.05, 4.69) is 34.6 Å². The molecule has 1 aromatic carbocycles. The fourth-order valence-corrected chi connectivity index (χ4v) is 2.12. The van der Waals surface area contributed by atoms with Gasteiger partial charge in [-0.2, -0.15) is 0 Å². The van der Waals surface area contributed by atoms with Crippen LogP contribution in [0.5, 0.6) is 0 Å². The van der Waals surface area contributed by atoms with Crippen LogP contribution < -0.4 is 10.6 Å². The molecule has 6 nitrogen and oxygen atoms in total. The minimum atomic E-state index is -0.279. The number of hydrogen-bond donors (Lipinski definition) is 2. The van der Waals surface area contributed by atoms with Gasteiger partial charge in [0.15, 0.2) is 0 Å². The van der Waals surface area contributed by atoms with Gasteiger partial charge in [0.2, 0.25) is 5.91 Å². The van der Waals surface area contributed by atoms with E-state index in [1.165, 1.54) is 16.0 Å². The number of rotatable bonds is 6. The van der Waals surface area contributed by atoms with Crippen molar-refractivity contribution < 1.29 is 9.59 Å². The smallest absolute Gasteiger partial charge is 0.317 e. The van der Waals surface area contributed by atoms with E-state index >= 15 is 0 Å². The molecule has 0 spiro atoms. The third kappa shape index (κ3) is 5.37. The van der Waals surface area contributed by atoms with Crippen molar-refractivity contribution in [3.63, 3.8) is 0 Å². The quantitative estimate of drug-likeness (QED) is 0.823. The van der Waals surface area contributed by atoms with E-state index in [0.29, 0.717) is 6.54 Å². The molecular weight excluding hydrogens is 280 g/mol. The lowest BCUT2D eigenvalue weighted by atomic mass is 10.0. The van der Waals surface area contributed by atoms with Crippen LogP contribution >= 0.6 is 0 Å². The Morgan fingerprint density at radius 1 is 1.09 bits per heavy atom. The van der Waals surface area contributed by atoms with Crippen molar-refractivity contribution in [3.8, 4) is 0 Å². The molecule has 22 heavy (non-hydrogen) atoms. The number of aryl methyl sites for hydroxylation is 1. The number of nitrogens with zero attached hydrogens (tertiary/aromatic N) is 2. The number of urea groups is 1. The van der Waals surface area contributed by atoms with E-state index in [4.69, 9.17) is 0 Å².